The van der Waals surface area contributed by atoms with Crippen molar-refractivity contribution in [2.24, 2.45) is 0 Å². The fourth-order valence-corrected chi connectivity index (χ4v) is 3.61. The van der Waals surface area contributed by atoms with E-state index in [1.54, 1.807) is 0 Å². The summed E-state index contributed by atoms with van der Waals surface area (Å²) in [6.45, 7) is 7.80. The summed E-state index contributed by atoms with van der Waals surface area (Å²) in [5, 5.41) is 3.02. The van der Waals surface area contributed by atoms with E-state index in [1.165, 1.54) is 22.3 Å². The van der Waals surface area contributed by atoms with Crippen LogP contribution in [-0.2, 0) is 13.0 Å². The first-order valence-corrected chi connectivity index (χ1v) is 8.56. The van der Waals surface area contributed by atoms with Crippen LogP contribution >= 0.6 is 0 Å². The van der Waals surface area contributed by atoms with Crippen LogP contribution in [0.3, 0.4) is 0 Å². The molecule has 0 aromatic heterocycles. The van der Waals surface area contributed by atoms with Crippen LogP contribution in [-0.4, -0.2) is 24.3 Å². The van der Waals surface area contributed by atoms with Gasteiger partial charge in [0.05, 0.1) is 0 Å². The van der Waals surface area contributed by atoms with E-state index in [0.717, 1.165) is 30.0 Å². The van der Waals surface area contributed by atoms with E-state index in [9.17, 15) is 4.79 Å². The van der Waals surface area contributed by atoms with E-state index < -0.39 is 0 Å². The molecule has 0 bridgehead atoms. The van der Waals surface area contributed by atoms with E-state index in [2.05, 4.69) is 31.3 Å². The Labute approximate surface area is 147 Å². The van der Waals surface area contributed by atoms with Gasteiger partial charge in [0.25, 0.3) is 0 Å². The maximum absolute atomic E-state index is 12.8. The third-order valence-corrected chi connectivity index (χ3v) is 4.96. The van der Waals surface area contributed by atoms with E-state index in [1.807, 2.05) is 24.0 Å². The minimum atomic E-state index is -0.0763. The molecule has 2 aliphatic heterocycles. The second kappa shape index (κ2) is 5.99. The van der Waals surface area contributed by atoms with Gasteiger partial charge in [-0.3, -0.25) is 0 Å². The molecule has 4 rings (SSSR count). The van der Waals surface area contributed by atoms with Gasteiger partial charge < -0.3 is 19.7 Å². The Morgan fingerprint density at radius 3 is 2.60 bits per heavy atom. The SMILES string of the molecule is Cc1cc(C)c2c(c1)CCN(C(=O)Nc1cc3c(cc1C)OCO3)C2. The summed E-state index contributed by atoms with van der Waals surface area (Å²) in [5.41, 5.74) is 6.90. The van der Waals surface area contributed by atoms with Crippen molar-refractivity contribution in [3.8, 4) is 11.5 Å². The molecule has 2 amide bonds. The number of ether oxygens (including phenoxy) is 2. The van der Waals surface area contributed by atoms with Crippen LogP contribution < -0.4 is 14.8 Å². The lowest BCUT2D eigenvalue weighted by Gasteiger charge is -2.30. The summed E-state index contributed by atoms with van der Waals surface area (Å²) < 4.78 is 10.8. The number of urea groups is 1. The second-order valence-electron chi connectivity index (χ2n) is 6.84. The van der Waals surface area contributed by atoms with Crippen molar-refractivity contribution in [1.29, 1.82) is 0 Å². The Kier molecular flexibility index (Phi) is 3.79. The third-order valence-electron chi connectivity index (χ3n) is 4.96. The molecule has 0 fully saturated rings. The molecule has 2 heterocycles. The van der Waals surface area contributed by atoms with E-state index >= 15 is 0 Å². The Morgan fingerprint density at radius 1 is 1.04 bits per heavy atom. The van der Waals surface area contributed by atoms with Crippen LogP contribution in [0.1, 0.15) is 27.8 Å². The molecule has 5 heteroatoms. The number of carbonyl (C=O) groups is 1. The molecular formula is C20H22N2O3. The van der Waals surface area contributed by atoms with Gasteiger partial charge in [0, 0.05) is 24.8 Å². The Balaban J connectivity index is 1.53. The molecule has 2 aliphatic rings. The number of hydrogen-bond acceptors (Lipinski definition) is 3. The van der Waals surface area contributed by atoms with Gasteiger partial charge in [-0.2, -0.15) is 0 Å². The lowest BCUT2D eigenvalue weighted by molar-refractivity contribution is 0.174. The summed E-state index contributed by atoms with van der Waals surface area (Å²) in [6.07, 6.45) is 0.894. The summed E-state index contributed by atoms with van der Waals surface area (Å²) in [7, 11) is 0. The molecule has 0 unspecified atom stereocenters. The molecule has 5 nitrogen and oxygen atoms in total. The zero-order valence-electron chi connectivity index (χ0n) is 14.8. The number of carbonyl (C=O) groups excluding carboxylic acids is 1. The van der Waals surface area contributed by atoms with Gasteiger partial charge in [0.2, 0.25) is 6.79 Å². The largest absolute Gasteiger partial charge is 0.454 e. The summed E-state index contributed by atoms with van der Waals surface area (Å²) in [4.78, 5) is 14.6. The van der Waals surface area contributed by atoms with Gasteiger partial charge in [0.15, 0.2) is 11.5 Å². The number of anilines is 1. The zero-order chi connectivity index (χ0) is 17.6. The van der Waals surface area contributed by atoms with Crippen molar-refractivity contribution in [2.45, 2.75) is 33.7 Å². The first kappa shape index (κ1) is 15.8. The van der Waals surface area contributed by atoms with Crippen molar-refractivity contribution in [1.82, 2.24) is 4.90 Å². The van der Waals surface area contributed by atoms with E-state index in [4.69, 9.17) is 9.47 Å². The molecule has 0 aliphatic carbocycles. The zero-order valence-corrected chi connectivity index (χ0v) is 14.8. The average molecular weight is 338 g/mol. The van der Waals surface area contributed by atoms with E-state index in [0.29, 0.717) is 12.3 Å². The highest BCUT2D eigenvalue weighted by molar-refractivity contribution is 5.91. The number of aryl methyl sites for hydroxylation is 3. The molecule has 0 spiro atoms. The van der Waals surface area contributed by atoms with Crippen molar-refractivity contribution in [3.05, 3.63) is 52.1 Å². The molecule has 2 aromatic rings. The quantitative estimate of drug-likeness (QED) is 0.857. The van der Waals surface area contributed by atoms with Gasteiger partial charge in [-0.05, 0) is 55.5 Å². The van der Waals surface area contributed by atoms with Crippen LogP contribution in [0.2, 0.25) is 0 Å². The Bertz CT molecular complexity index is 861. The molecule has 130 valence electrons. The molecule has 0 radical (unpaired) electrons. The van der Waals surface area contributed by atoms with Crippen LogP contribution in [0, 0.1) is 20.8 Å². The number of amides is 2. The van der Waals surface area contributed by atoms with Crippen LogP contribution in [0.4, 0.5) is 10.5 Å². The third kappa shape index (κ3) is 2.90. The number of nitrogens with one attached hydrogen (secondary N) is 1. The maximum Gasteiger partial charge on any atom is 0.322 e. The topological polar surface area (TPSA) is 50.8 Å². The minimum Gasteiger partial charge on any atom is -0.454 e. The molecule has 0 atom stereocenters. The minimum absolute atomic E-state index is 0.0763. The first-order valence-electron chi connectivity index (χ1n) is 8.56. The second-order valence-corrected chi connectivity index (χ2v) is 6.84. The lowest BCUT2D eigenvalue weighted by atomic mass is 9.93. The van der Waals surface area contributed by atoms with Gasteiger partial charge in [-0.1, -0.05) is 17.7 Å². The smallest absolute Gasteiger partial charge is 0.322 e. The predicted molar refractivity (Wildman–Crippen MR) is 96.4 cm³/mol. The van der Waals surface area contributed by atoms with Crippen molar-refractivity contribution < 1.29 is 14.3 Å². The van der Waals surface area contributed by atoms with Gasteiger partial charge >= 0.3 is 6.03 Å². The predicted octanol–water partition coefficient (Wildman–Crippen LogP) is 3.93. The average Bonchev–Trinajstić information content (AvgIpc) is 3.01. The normalized spacial score (nSPS) is 15.1. The Hall–Kier alpha value is -2.69. The van der Waals surface area contributed by atoms with Crippen molar-refractivity contribution in [3.63, 3.8) is 0 Å². The fourth-order valence-electron chi connectivity index (χ4n) is 3.61. The highest BCUT2D eigenvalue weighted by Crippen LogP contribution is 2.37. The van der Waals surface area contributed by atoms with Gasteiger partial charge in [-0.25, -0.2) is 4.79 Å². The maximum atomic E-state index is 12.8. The monoisotopic (exact) mass is 338 g/mol. The fraction of sp³-hybridized carbons (Fsp3) is 0.350. The highest BCUT2D eigenvalue weighted by atomic mass is 16.7. The summed E-state index contributed by atoms with van der Waals surface area (Å²) >= 11 is 0. The van der Waals surface area contributed by atoms with Crippen molar-refractivity contribution >= 4 is 11.7 Å². The molecule has 1 N–H and O–H groups in total. The van der Waals surface area contributed by atoms with Gasteiger partial charge in [-0.15, -0.1) is 0 Å². The molecule has 0 saturated heterocycles. The Morgan fingerprint density at radius 2 is 1.80 bits per heavy atom. The van der Waals surface area contributed by atoms with Crippen LogP contribution in [0.15, 0.2) is 24.3 Å². The first-order chi connectivity index (χ1) is 12.0. The number of fused-ring (bicyclic) bond motifs is 2. The summed E-state index contributed by atoms with van der Waals surface area (Å²) in [6, 6.07) is 8.08. The van der Waals surface area contributed by atoms with Crippen LogP contribution in [0.5, 0.6) is 11.5 Å². The standard InChI is InChI=1S/C20H22N2O3/c1-12-6-13(2)16-10-22(5-4-15(16)7-12)20(23)21-17-9-19-18(8-14(17)3)24-11-25-19/h6-9H,4-5,10-11H2,1-3H3,(H,21,23). The molecule has 25 heavy (non-hydrogen) atoms. The number of nitrogens with zero attached hydrogens (tertiary/aromatic N) is 1. The van der Waals surface area contributed by atoms with Crippen molar-refractivity contribution in [2.75, 3.05) is 18.7 Å². The molecular weight excluding hydrogens is 316 g/mol. The van der Waals surface area contributed by atoms with Gasteiger partial charge in [0.1, 0.15) is 0 Å². The number of benzene rings is 2. The summed E-state index contributed by atoms with van der Waals surface area (Å²) in [5.74, 6) is 1.41. The molecule has 0 saturated carbocycles. The lowest BCUT2D eigenvalue weighted by Crippen LogP contribution is -2.39. The number of rotatable bonds is 1. The number of hydrogen-bond donors (Lipinski definition) is 1. The highest BCUT2D eigenvalue weighted by Gasteiger charge is 2.23. The van der Waals surface area contributed by atoms with Crippen LogP contribution in [0.25, 0.3) is 0 Å². The van der Waals surface area contributed by atoms with E-state index in [-0.39, 0.29) is 12.8 Å². The molecule has 2 aromatic carbocycles.